The second-order valence-corrected chi connectivity index (χ2v) is 4.04. The van der Waals surface area contributed by atoms with Gasteiger partial charge in [0.15, 0.2) is 6.23 Å². The van der Waals surface area contributed by atoms with Gasteiger partial charge >= 0.3 is 6.03 Å². The second-order valence-electron chi connectivity index (χ2n) is 4.04. The number of rotatable bonds is 3. The molecule has 1 unspecified atom stereocenters. The molecule has 18 heavy (non-hydrogen) atoms. The fourth-order valence-electron chi connectivity index (χ4n) is 2.00. The molecule has 96 valence electrons. The number of primary amides is 1. The first-order chi connectivity index (χ1) is 8.72. The number of amides is 2. The van der Waals surface area contributed by atoms with Crippen LogP contribution in [0.1, 0.15) is 25.3 Å². The van der Waals surface area contributed by atoms with Crippen LogP contribution in [0.4, 0.5) is 4.79 Å². The van der Waals surface area contributed by atoms with Crippen LogP contribution in [0.5, 0.6) is 0 Å². The summed E-state index contributed by atoms with van der Waals surface area (Å²) in [6.45, 7) is 2.42. The van der Waals surface area contributed by atoms with E-state index in [-0.39, 0.29) is 6.23 Å². The van der Waals surface area contributed by atoms with Gasteiger partial charge in [0.25, 0.3) is 0 Å². The molecule has 0 bridgehead atoms. The van der Waals surface area contributed by atoms with Crippen molar-refractivity contribution in [3.63, 3.8) is 0 Å². The third-order valence-corrected chi connectivity index (χ3v) is 2.82. The Morgan fingerprint density at radius 3 is 2.83 bits per heavy atom. The predicted molar refractivity (Wildman–Crippen MR) is 69.0 cm³/mol. The zero-order chi connectivity index (χ0) is 13.0. The monoisotopic (exact) mass is 247 g/mol. The molecule has 1 aromatic rings. The van der Waals surface area contributed by atoms with Crippen LogP contribution in [0.15, 0.2) is 35.4 Å². The molecular formula is C13H17N3O2. The maximum absolute atomic E-state index is 11.4. The van der Waals surface area contributed by atoms with E-state index in [1.54, 1.807) is 0 Å². The van der Waals surface area contributed by atoms with Crippen LogP contribution in [-0.2, 0) is 4.74 Å². The average molecular weight is 247 g/mol. The Hall–Kier alpha value is -1.88. The van der Waals surface area contributed by atoms with Crippen LogP contribution < -0.4 is 5.73 Å². The number of urea groups is 1. The van der Waals surface area contributed by atoms with Crippen LogP contribution in [0.25, 0.3) is 0 Å². The Morgan fingerprint density at radius 2 is 2.22 bits per heavy atom. The van der Waals surface area contributed by atoms with E-state index in [1.807, 2.05) is 37.3 Å². The summed E-state index contributed by atoms with van der Waals surface area (Å²) in [7, 11) is 0. The van der Waals surface area contributed by atoms with Crippen molar-refractivity contribution in [2.24, 2.45) is 10.8 Å². The number of hydrogen-bond acceptors (Lipinski definition) is 3. The average Bonchev–Trinajstić information content (AvgIpc) is 2.40. The van der Waals surface area contributed by atoms with E-state index in [2.05, 4.69) is 5.10 Å². The lowest BCUT2D eigenvalue weighted by molar-refractivity contribution is -0.0380. The minimum absolute atomic E-state index is 0.347. The summed E-state index contributed by atoms with van der Waals surface area (Å²) < 4.78 is 5.46. The summed E-state index contributed by atoms with van der Waals surface area (Å²) in [6, 6.07) is 9.20. The van der Waals surface area contributed by atoms with E-state index in [0.29, 0.717) is 13.0 Å². The van der Waals surface area contributed by atoms with Crippen LogP contribution in [0, 0.1) is 0 Å². The van der Waals surface area contributed by atoms with Crippen LogP contribution in [0.3, 0.4) is 0 Å². The van der Waals surface area contributed by atoms with Crippen molar-refractivity contribution in [1.29, 1.82) is 0 Å². The molecule has 0 saturated carbocycles. The molecule has 0 radical (unpaired) electrons. The Balaban J connectivity index is 2.24. The molecule has 2 N–H and O–H groups in total. The van der Waals surface area contributed by atoms with Crippen LogP contribution in [-0.4, -0.2) is 29.6 Å². The molecule has 2 amide bonds. The lowest BCUT2D eigenvalue weighted by atomic mass is 10.0. The highest BCUT2D eigenvalue weighted by Gasteiger charge is 2.27. The number of carbonyl (C=O) groups excluding carboxylic acids is 1. The van der Waals surface area contributed by atoms with Gasteiger partial charge in [-0.3, -0.25) is 0 Å². The predicted octanol–water partition coefficient (Wildman–Crippen LogP) is 1.93. The standard InChI is InChI=1S/C13H17N3O2/c1-2-18-12-9-8-11(15-16(12)13(14)17)10-6-4-3-5-7-10/h3-7,12H,2,8-9H2,1H3,(H2,14,17). The highest BCUT2D eigenvalue weighted by atomic mass is 16.5. The van der Waals surface area contributed by atoms with Gasteiger partial charge < -0.3 is 10.5 Å². The molecule has 2 rings (SSSR count). The lowest BCUT2D eigenvalue weighted by Gasteiger charge is -2.30. The maximum atomic E-state index is 11.4. The molecule has 0 aliphatic carbocycles. The normalized spacial score (nSPS) is 19.5. The summed E-state index contributed by atoms with van der Waals surface area (Å²) in [5, 5.41) is 5.53. The van der Waals surface area contributed by atoms with Crippen molar-refractivity contribution in [2.45, 2.75) is 26.0 Å². The van der Waals surface area contributed by atoms with Gasteiger partial charge in [-0.05, 0) is 25.3 Å². The zero-order valence-electron chi connectivity index (χ0n) is 10.4. The van der Waals surface area contributed by atoms with Gasteiger partial charge in [0, 0.05) is 6.61 Å². The molecule has 0 fully saturated rings. The Bertz CT molecular complexity index is 445. The highest BCUT2D eigenvalue weighted by molar-refractivity contribution is 6.01. The zero-order valence-corrected chi connectivity index (χ0v) is 10.4. The fourth-order valence-corrected chi connectivity index (χ4v) is 2.00. The largest absolute Gasteiger partial charge is 0.357 e. The van der Waals surface area contributed by atoms with Crippen molar-refractivity contribution < 1.29 is 9.53 Å². The molecule has 1 atom stereocenters. The van der Waals surface area contributed by atoms with E-state index < -0.39 is 6.03 Å². The third kappa shape index (κ3) is 2.68. The molecule has 0 saturated heterocycles. The van der Waals surface area contributed by atoms with Gasteiger partial charge in [-0.1, -0.05) is 30.3 Å². The van der Waals surface area contributed by atoms with E-state index in [9.17, 15) is 4.79 Å². The van der Waals surface area contributed by atoms with Gasteiger partial charge in [-0.2, -0.15) is 10.1 Å². The highest BCUT2D eigenvalue weighted by Crippen LogP contribution is 2.20. The molecule has 0 spiro atoms. The number of benzene rings is 1. The summed E-state index contributed by atoms with van der Waals surface area (Å²) in [5.74, 6) is 0. The minimum Gasteiger partial charge on any atom is -0.357 e. The van der Waals surface area contributed by atoms with E-state index in [1.165, 1.54) is 5.01 Å². The first-order valence-electron chi connectivity index (χ1n) is 6.05. The molecule has 1 aliphatic heterocycles. The maximum Gasteiger partial charge on any atom is 0.337 e. The van der Waals surface area contributed by atoms with Crippen molar-refractivity contribution in [1.82, 2.24) is 5.01 Å². The number of hydrogen-bond donors (Lipinski definition) is 1. The number of carbonyl (C=O) groups is 1. The molecule has 5 nitrogen and oxygen atoms in total. The number of ether oxygens (including phenoxy) is 1. The third-order valence-electron chi connectivity index (χ3n) is 2.82. The van der Waals surface area contributed by atoms with Crippen molar-refractivity contribution >= 4 is 11.7 Å². The second kappa shape index (κ2) is 5.64. The Morgan fingerprint density at radius 1 is 1.50 bits per heavy atom. The van der Waals surface area contributed by atoms with E-state index in [0.717, 1.165) is 17.7 Å². The van der Waals surface area contributed by atoms with E-state index >= 15 is 0 Å². The van der Waals surface area contributed by atoms with Crippen molar-refractivity contribution in [2.75, 3.05) is 6.61 Å². The van der Waals surface area contributed by atoms with Crippen molar-refractivity contribution in [3.8, 4) is 0 Å². The number of nitrogens with two attached hydrogens (primary N) is 1. The fraction of sp³-hybridized carbons (Fsp3) is 0.385. The summed E-state index contributed by atoms with van der Waals surface area (Å²) in [6.07, 6.45) is 1.14. The summed E-state index contributed by atoms with van der Waals surface area (Å²) in [5.41, 5.74) is 7.21. The first-order valence-corrected chi connectivity index (χ1v) is 6.05. The van der Waals surface area contributed by atoms with Crippen LogP contribution in [0.2, 0.25) is 0 Å². The van der Waals surface area contributed by atoms with Gasteiger partial charge in [0.1, 0.15) is 0 Å². The summed E-state index contributed by atoms with van der Waals surface area (Å²) in [4.78, 5) is 11.4. The van der Waals surface area contributed by atoms with Gasteiger partial charge in [0.05, 0.1) is 5.71 Å². The van der Waals surface area contributed by atoms with Crippen LogP contribution >= 0.6 is 0 Å². The molecule has 1 heterocycles. The molecule has 5 heteroatoms. The van der Waals surface area contributed by atoms with Gasteiger partial charge in [-0.15, -0.1) is 0 Å². The van der Waals surface area contributed by atoms with Gasteiger partial charge in [0.2, 0.25) is 0 Å². The lowest BCUT2D eigenvalue weighted by Crippen LogP contribution is -2.44. The summed E-state index contributed by atoms with van der Waals surface area (Å²) >= 11 is 0. The topological polar surface area (TPSA) is 67.9 Å². The Labute approximate surface area is 106 Å². The SMILES string of the molecule is CCOC1CCC(c2ccccc2)=NN1C(N)=O. The van der Waals surface area contributed by atoms with E-state index in [4.69, 9.17) is 10.5 Å². The van der Waals surface area contributed by atoms with Gasteiger partial charge in [-0.25, -0.2) is 4.79 Å². The minimum atomic E-state index is -0.582. The smallest absolute Gasteiger partial charge is 0.337 e. The number of nitrogens with zero attached hydrogens (tertiary/aromatic N) is 2. The number of hydrazone groups is 1. The quantitative estimate of drug-likeness (QED) is 0.886. The first kappa shape index (κ1) is 12.6. The molecule has 1 aliphatic rings. The molecule has 0 aromatic heterocycles. The Kier molecular flexibility index (Phi) is 3.94. The molecule has 1 aromatic carbocycles. The molecular weight excluding hydrogens is 230 g/mol. The van der Waals surface area contributed by atoms with Crippen molar-refractivity contribution in [3.05, 3.63) is 35.9 Å².